The van der Waals surface area contributed by atoms with Gasteiger partial charge in [0.05, 0.1) is 16.3 Å². The largest absolute Gasteiger partial charge is 0.484 e. The molecule has 0 saturated heterocycles. The number of benzene rings is 2. The average molecular weight is 408 g/mol. The molecule has 0 spiro atoms. The van der Waals surface area contributed by atoms with Gasteiger partial charge in [0.2, 0.25) is 0 Å². The zero-order chi connectivity index (χ0) is 21.8. The fraction of sp³-hybridized carbons (Fsp3) is 0.273. The molecule has 0 unspecified atom stereocenters. The Morgan fingerprint density at radius 1 is 1.13 bits per heavy atom. The molecule has 30 heavy (non-hydrogen) atoms. The van der Waals surface area contributed by atoms with Crippen LogP contribution >= 0.6 is 0 Å². The summed E-state index contributed by atoms with van der Waals surface area (Å²) in [5.41, 5.74) is 4.95. The van der Waals surface area contributed by atoms with Gasteiger partial charge in [-0.05, 0) is 44.5 Å². The van der Waals surface area contributed by atoms with Crippen molar-refractivity contribution < 1.29 is 14.5 Å². The van der Waals surface area contributed by atoms with Crippen LogP contribution in [-0.2, 0) is 11.3 Å². The monoisotopic (exact) mass is 408 g/mol. The number of likely N-dealkylation sites (N-methyl/N-ethyl adjacent to an activating group) is 1. The van der Waals surface area contributed by atoms with E-state index < -0.39 is 4.92 Å². The predicted molar refractivity (Wildman–Crippen MR) is 113 cm³/mol. The maximum atomic E-state index is 12.5. The number of nitrogens with zero attached hydrogens (tertiary/aromatic N) is 4. The third kappa shape index (κ3) is 4.48. The Kier molecular flexibility index (Phi) is 6.15. The van der Waals surface area contributed by atoms with E-state index in [1.807, 2.05) is 49.7 Å². The van der Waals surface area contributed by atoms with E-state index in [4.69, 9.17) is 4.74 Å². The van der Waals surface area contributed by atoms with Gasteiger partial charge in [0.15, 0.2) is 6.61 Å². The maximum absolute atomic E-state index is 12.5. The Labute approximate surface area is 174 Å². The van der Waals surface area contributed by atoms with Crippen molar-refractivity contribution >= 4 is 11.6 Å². The minimum absolute atomic E-state index is 0.0255. The number of non-ortho nitro benzene ring substituents is 1. The standard InChI is InChI=1S/C22H24N4O4/c1-15-7-5-6-8-21(15)25-17(3)20(16(2)23-25)13-24(4)22(27)14-30-19-11-9-18(10-12-19)26(28)29/h5-12H,13-14H2,1-4H3. The van der Waals surface area contributed by atoms with Gasteiger partial charge in [-0.2, -0.15) is 5.10 Å². The first-order valence-corrected chi connectivity index (χ1v) is 9.50. The van der Waals surface area contributed by atoms with Gasteiger partial charge in [0.1, 0.15) is 5.75 Å². The van der Waals surface area contributed by atoms with Crippen molar-refractivity contribution in [3.05, 3.63) is 81.2 Å². The molecule has 3 aromatic rings. The molecule has 0 atom stereocenters. The summed E-state index contributed by atoms with van der Waals surface area (Å²) in [7, 11) is 1.71. The highest BCUT2D eigenvalue weighted by molar-refractivity contribution is 5.77. The van der Waals surface area contributed by atoms with E-state index in [0.717, 1.165) is 28.2 Å². The van der Waals surface area contributed by atoms with E-state index in [1.165, 1.54) is 24.3 Å². The van der Waals surface area contributed by atoms with Crippen molar-refractivity contribution in [3.63, 3.8) is 0 Å². The normalized spacial score (nSPS) is 10.7. The number of para-hydroxylation sites is 1. The Hall–Kier alpha value is -3.68. The quantitative estimate of drug-likeness (QED) is 0.439. The number of amides is 1. The molecular weight excluding hydrogens is 384 g/mol. The zero-order valence-corrected chi connectivity index (χ0v) is 17.5. The Bertz CT molecular complexity index is 1070. The number of aromatic nitrogens is 2. The minimum atomic E-state index is -0.482. The van der Waals surface area contributed by atoms with Gasteiger partial charge in [0, 0.05) is 37.0 Å². The molecule has 156 valence electrons. The molecule has 1 heterocycles. The van der Waals surface area contributed by atoms with Crippen molar-refractivity contribution in [1.29, 1.82) is 0 Å². The summed E-state index contributed by atoms with van der Waals surface area (Å²) in [6, 6.07) is 13.7. The SMILES string of the molecule is Cc1ccccc1-n1nc(C)c(CN(C)C(=O)COc2ccc([N+](=O)[O-])cc2)c1C. The molecule has 0 aliphatic heterocycles. The summed E-state index contributed by atoms with van der Waals surface area (Å²) in [5.74, 6) is 0.206. The fourth-order valence-electron chi connectivity index (χ4n) is 3.18. The third-order valence-electron chi connectivity index (χ3n) is 5.02. The zero-order valence-electron chi connectivity index (χ0n) is 17.5. The fourth-order valence-corrected chi connectivity index (χ4v) is 3.18. The lowest BCUT2D eigenvalue weighted by atomic mass is 10.1. The number of nitro groups is 1. The van der Waals surface area contributed by atoms with E-state index >= 15 is 0 Å². The van der Waals surface area contributed by atoms with Crippen LogP contribution < -0.4 is 4.74 Å². The highest BCUT2D eigenvalue weighted by Gasteiger charge is 2.18. The second-order valence-corrected chi connectivity index (χ2v) is 7.14. The second-order valence-electron chi connectivity index (χ2n) is 7.14. The smallest absolute Gasteiger partial charge is 0.269 e. The van der Waals surface area contributed by atoms with Crippen LogP contribution in [0.15, 0.2) is 48.5 Å². The van der Waals surface area contributed by atoms with Gasteiger partial charge in [-0.1, -0.05) is 18.2 Å². The van der Waals surface area contributed by atoms with Crippen LogP contribution in [0.2, 0.25) is 0 Å². The van der Waals surface area contributed by atoms with Gasteiger partial charge in [0.25, 0.3) is 11.6 Å². The van der Waals surface area contributed by atoms with Crippen molar-refractivity contribution in [2.24, 2.45) is 0 Å². The maximum Gasteiger partial charge on any atom is 0.269 e. The second kappa shape index (κ2) is 8.77. The summed E-state index contributed by atoms with van der Waals surface area (Å²) < 4.78 is 7.39. The number of aryl methyl sites for hydroxylation is 2. The molecule has 8 heteroatoms. The Morgan fingerprint density at radius 2 is 1.80 bits per heavy atom. The molecular formula is C22H24N4O4. The highest BCUT2D eigenvalue weighted by atomic mass is 16.6. The van der Waals surface area contributed by atoms with Crippen LogP contribution in [0.5, 0.6) is 5.75 Å². The summed E-state index contributed by atoms with van der Waals surface area (Å²) in [6.45, 7) is 6.22. The van der Waals surface area contributed by atoms with E-state index in [0.29, 0.717) is 12.3 Å². The number of ether oxygens (including phenoxy) is 1. The number of carbonyl (C=O) groups excluding carboxylic acids is 1. The summed E-state index contributed by atoms with van der Waals surface area (Å²) >= 11 is 0. The average Bonchev–Trinajstić information content (AvgIpc) is 3.00. The molecule has 3 rings (SSSR count). The van der Waals surface area contributed by atoms with Gasteiger partial charge >= 0.3 is 0 Å². The van der Waals surface area contributed by atoms with Crippen molar-refractivity contribution in [2.45, 2.75) is 27.3 Å². The predicted octanol–water partition coefficient (Wildman–Crippen LogP) is 3.74. The number of hydrogen-bond donors (Lipinski definition) is 0. The van der Waals surface area contributed by atoms with Gasteiger partial charge in [-0.15, -0.1) is 0 Å². The Balaban J connectivity index is 1.67. The molecule has 0 radical (unpaired) electrons. The first kappa shape index (κ1) is 21.0. The number of rotatable bonds is 7. The first-order chi connectivity index (χ1) is 14.3. The lowest BCUT2D eigenvalue weighted by Gasteiger charge is -2.18. The molecule has 1 amide bonds. The molecule has 8 nitrogen and oxygen atoms in total. The van der Waals surface area contributed by atoms with E-state index in [9.17, 15) is 14.9 Å². The van der Waals surface area contributed by atoms with Gasteiger partial charge in [-0.25, -0.2) is 4.68 Å². The van der Waals surface area contributed by atoms with E-state index in [-0.39, 0.29) is 18.2 Å². The van der Waals surface area contributed by atoms with Crippen molar-refractivity contribution in [1.82, 2.24) is 14.7 Å². The van der Waals surface area contributed by atoms with Crippen LogP contribution in [0.25, 0.3) is 5.69 Å². The molecule has 0 fully saturated rings. The van der Waals surface area contributed by atoms with E-state index in [1.54, 1.807) is 11.9 Å². The molecule has 0 N–H and O–H groups in total. The molecule has 0 bridgehead atoms. The minimum Gasteiger partial charge on any atom is -0.484 e. The molecule has 0 aliphatic carbocycles. The third-order valence-corrected chi connectivity index (χ3v) is 5.02. The van der Waals surface area contributed by atoms with Gasteiger partial charge in [-0.3, -0.25) is 14.9 Å². The topological polar surface area (TPSA) is 90.5 Å². The number of hydrogen-bond acceptors (Lipinski definition) is 5. The summed E-state index contributed by atoms with van der Waals surface area (Å²) in [6.07, 6.45) is 0. The first-order valence-electron chi connectivity index (χ1n) is 9.50. The molecule has 1 aromatic heterocycles. The van der Waals surface area contributed by atoms with Crippen molar-refractivity contribution in [3.8, 4) is 11.4 Å². The summed E-state index contributed by atoms with van der Waals surface area (Å²) in [5, 5.41) is 15.4. The highest BCUT2D eigenvalue weighted by Crippen LogP contribution is 2.22. The molecule has 0 aliphatic rings. The lowest BCUT2D eigenvalue weighted by Crippen LogP contribution is -2.31. The molecule has 2 aromatic carbocycles. The number of nitro benzene ring substituents is 1. The van der Waals surface area contributed by atoms with Gasteiger partial charge < -0.3 is 9.64 Å². The van der Waals surface area contributed by atoms with Crippen LogP contribution in [0.3, 0.4) is 0 Å². The van der Waals surface area contributed by atoms with Crippen LogP contribution in [0, 0.1) is 30.9 Å². The van der Waals surface area contributed by atoms with E-state index in [2.05, 4.69) is 5.10 Å². The summed E-state index contributed by atoms with van der Waals surface area (Å²) in [4.78, 5) is 24.3. The van der Waals surface area contributed by atoms with Crippen molar-refractivity contribution in [2.75, 3.05) is 13.7 Å². The van der Waals surface area contributed by atoms with Crippen LogP contribution in [0.4, 0.5) is 5.69 Å². The lowest BCUT2D eigenvalue weighted by molar-refractivity contribution is -0.384. The Morgan fingerprint density at radius 3 is 2.43 bits per heavy atom. The number of carbonyl (C=O) groups is 1. The van der Waals surface area contributed by atoms with Crippen LogP contribution in [-0.4, -0.2) is 39.2 Å². The molecule has 0 saturated carbocycles. The van der Waals surface area contributed by atoms with Crippen LogP contribution in [0.1, 0.15) is 22.5 Å².